The molecule has 1 aromatic carbocycles. The predicted octanol–water partition coefficient (Wildman–Crippen LogP) is 7.16. The predicted molar refractivity (Wildman–Crippen MR) is 98.4 cm³/mol. The Morgan fingerprint density at radius 2 is 1.74 bits per heavy atom. The van der Waals surface area contributed by atoms with Gasteiger partial charge in [-0.25, -0.2) is 0 Å². The molecule has 0 saturated heterocycles. The minimum absolute atomic E-state index is 0.455. The summed E-state index contributed by atoms with van der Waals surface area (Å²) < 4.78 is 50.3. The topological polar surface area (TPSA) is 23.8 Å². The molecule has 146 valence electrons. The second kappa shape index (κ2) is 10.3. The van der Waals surface area contributed by atoms with Crippen molar-refractivity contribution >= 4 is 0 Å². The SMILES string of the molecule is N#C/C(F)=C/C=C/[C@H]1CC[C@H](CCCCc2ccc(C(F)(F)F)cc2)CC1. The minimum atomic E-state index is -4.27. The number of halogens is 4. The van der Waals surface area contributed by atoms with E-state index in [-0.39, 0.29) is 0 Å². The molecule has 0 aliphatic heterocycles. The van der Waals surface area contributed by atoms with E-state index in [4.69, 9.17) is 5.26 Å². The average Bonchev–Trinajstić information content (AvgIpc) is 2.66. The molecule has 0 N–H and O–H groups in total. The van der Waals surface area contributed by atoms with Crippen molar-refractivity contribution in [2.75, 3.05) is 0 Å². The molecule has 1 aliphatic carbocycles. The van der Waals surface area contributed by atoms with Gasteiger partial charge in [-0.15, -0.1) is 0 Å². The van der Waals surface area contributed by atoms with Crippen LogP contribution in [0.15, 0.2) is 48.3 Å². The summed E-state index contributed by atoms with van der Waals surface area (Å²) in [6.45, 7) is 0. The fraction of sp³-hybridized carbons (Fsp3) is 0.500. The Balaban J connectivity index is 1.63. The summed E-state index contributed by atoms with van der Waals surface area (Å²) in [7, 11) is 0. The van der Waals surface area contributed by atoms with E-state index in [9.17, 15) is 17.6 Å². The Morgan fingerprint density at radius 1 is 1.07 bits per heavy atom. The lowest BCUT2D eigenvalue weighted by atomic mass is 9.79. The maximum absolute atomic E-state index is 12.7. The standard InChI is InChI=1S/C22H25F4N/c23-21(16-27)7-3-6-19-10-8-17(9-11-19)4-1-2-5-18-12-14-20(15-13-18)22(24,25)26/h3,6-7,12-15,17,19H,1-2,4-5,8-11H2/b6-3+,21-7-/t17-,19-. The summed E-state index contributed by atoms with van der Waals surface area (Å²) in [6.07, 6.45) is 9.06. The number of nitriles is 1. The van der Waals surface area contributed by atoms with Crippen LogP contribution in [0.4, 0.5) is 17.6 Å². The van der Waals surface area contributed by atoms with E-state index in [1.807, 2.05) is 6.08 Å². The maximum atomic E-state index is 12.7. The highest BCUT2D eigenvalue weighted by atomic mass is 19.4. The Labute approximate surface area is 158 Å². The van der Waals surface area contributed by atoms with Gasteiger partial charge in [-0.2, -0.15) is 22.8 Å². The monoisotopic (exact) mass is 379 g/mol. The highest BCUT2D eigenvalue weighted by Gasteiger charge is 2.29. The Bertz CT molecular complexity index is 672. The van der Waals surface area contributed by atoms with Gasteiger partial charge in [0.05, 0.1) is 5.56 Å². The highest BCUT2D eigenvalue weighted by Crippen LogP contribution is 2.33. The summed E-state index contributed by atoms with van der Waals surface area (Å²) >= 11 is 0. The van der Waals surface area contributed by atoms with Crippen molar-refractivity contribution in [3.8, 4) is 6.07 Å². The van der Waals surface area contributed by atoms with E-state index in [0.717, 1.165) is 69.1 Å². The van der Waals surface area contributed by atoms with Gasteiger partial charge in [0.2, 0.25) is 0 Å². The lowest BCUT2D eigenvalue weighted by Gasteiger charge is -2.26. The van der Waals surface area contributed by atoms with Gasteiger partial charge in [0.25, 0.3) is 0 Å². The van der Waals surface area contributed by atoms with Crippen molar-refractivity contribution in [3.63, 3.8) is 0 Å². The molecule has 1 aromatic rings. The molecule has 0 radical (unpaired) electrons. The van der Waals surface area contributed by atoms with Crippen molar-refractivity contribution in [1.82, 2.24) is 0 Å². The first-order valence-corrected chi connectivity index (χ1v) is 9.48. The number of hydrogen-bond acceptors (Lipinski definition) is 1. The molecule has 1 aliphatic rings. The quantitative estimate of drug-likeness (QED) is 0.213. The summed E-state index contributed by atoms with van der Waals surface area (Å²) in [5.41, 5.74) is 0.359. The van der Waals surface area contributed by atoms with Crippen molar-refractivity contribution in [2.45, 2.75) is 57.5 Å². The first-order chi connectivity index (χ1) is 12.9. The van der Waals surface area contributed by atoms with Crippen molar-refractivity contribution in [1.29, 1.82) is 5.26 Å². The number of rotatable bonds is 7. The largest absolute Gasteiger partial charge is 0.416 e. The van der Waals surface area contributed by atoms with Crippen LogP contribution in [0, 0.1) is 23.2 Å². The molecule has 0 bridgehead atoms. The number of unbranched alkanes of at least 4 members (excludes halogenated alkanes) is 1. The van der Waals surface area contributed by atoms with Gasteiger partial charge in [-0.05, 0) is 74.1 Å². The second-order valence-electron chi connectivity index (χ2n) is 7.23. The van der Waals surface area contributed by atoms with E-state index >= 15 is 0 Å². The molecule has 1 fully saturated rings. The number of nitrogens with zero attached hydrogens (tertiary/aromatic N) is 1. The minimum Gasteiger partial charge on any atom is -0.195 e. The molecular formula is C22H25F4N. The summed E-state index contributed by atoms with van der Waals surface area (Å²) in [4.78, 5) is 0. The van der Waals surface area contributed by atoms with Gasteiger partial charge in [0, 0.05) is 0 Å². The number of aryl methyl sites for hydroxylation is 1. The van der Waals surface area contributed by atoms with Crippen LogP contribution in [0.25, 0.3) is 0 Å². The fourth-order valence-electron chi connectivity index (χ4n) is 3.63. The molecule has 1 saturated carbocycles. The van der Waals surface area contributed by atoms with Gasteiger partial charge in [-0.1, -0.05) is 37.1 Å². The van der Waals surface area contributed by atoms with Gasteiger partial charge in [0.1, 0.15) is 6.07 Å². The third-order valence-electron chi connectivity index (χ3n) is 5.23. The number of allylic oxidation sites excluding steroid dienone is 4. The third kappa shape index (κ3) is 7.58. The van der Waals surface area contributed by atoms with E-state index in [1.165, 1.54) is 12.1 Å². The van der Waals surface area contributed by atoms with Gasteiger partial charge in [0.15, 0.2) is 5.83 Å². The van der Waals surface area contributed by atoms with E-state index in [1.54, 1.807) is 18.2 Å². The van der Waals surface area contributed by atoms with Crippen LogP contribution < -0.4 is 0 Å². The summed E-state index contributed by atoms with van der Waals surface area (Å²) in [5, 5.41) is 8.35. The molecule has 0 heterocycles. The Morgan fingerprint density at radius 3 is 2.33 bits per heavy atom. The average molecular weight is 379 g/mol. The maximum Gasteiger partial charge on any atom is 0.416 e. The molecule has 0 aromatic heterocycles. The zero-order valence-corrected chi connectivity index (χ0v) is 15.3. The first-order valence-electron chi connectivity index (χ1n) is 9.48. The second-order valence-corrected chi connectivity index (χ2v) is 7.23. The lowest BCUT2D eigenvalue weighted by Crippen LogP contribution is -2.13. The van der Waals surface area contributed by atoms with Crippen molar-refractivity contribution in [2.24, 2.45) is 11.8 Å². The molecule has 0 atom stereocenters. The van der Waals surface area contributed by atoms with Crippen molar-refractivity contribution in [3.05, 3.63) is 59.4 Å². The van der Waals surface area contributed by atoms with Crippen LogP contribution in [-0.4, -0.2) is 0 Å². The lowest BCUT2D eigenvalue weighted by molar-refractivity contribution is -0.137. The van der Waals surface area contributed by atoms with Crippen LogP contribution in [0.5, 0.6) is 0 Å². The molecule has 1 nitrogen and oxygen atoms in total. The van der Waals surface area contributed by atoms with E-state index < -0.39 is 17.6 Å². The number of alkyl halides is 3. The van der Waals surface area contributed by atoms with Crippen molar-refractivity contribution < 1.29 is 17.6 Å². The zero-order chi connectivity index (χ0) is 19.7. The molecule has 0 amide bonds. The van der Waals surface area contributed by atoms with E-state index in [0.29, 0.717) is 11.8 Å². The van der Waals surface area contributed by atoms with Crippen LogP contribution in [0.2, 0.25) is 0 Å². The van der Waals surface area contributed by atoms with E-state index in [2.05, 4.69) is 0 Å². The molecule has 0 unspecified atom stereocenters. The Kier molecular flexibility index (Phi) is 8.09. The third-order valence-corrected chi connectivity index (χ3v) is 5.23. The van der Waals surface area contributed by atoms with Gasteiger partial charge in [-0.3, -0.25) is 0 Å². The smallest absolute Gasteiger partial charge is 0.195 e. The zero-order valence-electron chi connectivity index (χ0n) is 15.3. The molecule has 27 heavy (non-hydrogen) atoms. The van der Waals surface area contributed by atoms with Crippen LogP contribution in [0.3, 0.4) is 0 Å². The normalized spacial score (nSPS) is 21.4. The fourth-order valence-corrected chi connectivity index (χ4v) is 3.63. The van der Waals surface area contributed by atoms with Crippen LogP contribution in [-0.2, 0) is 12.6 Å². The molecular weight excluding hydrogens is 354 g/mol. The number of benzene rings is 1. The van der Waals surface area contributed by atoms with Gasteiger partial charge >= 0.3 is 6.18 Å². The number of hydrogen-bond donors (Lipinski definition) is 0. The summed E-state index contributed by atoms with van der Waals surface area (Å²) in [6, 6.07) is 6.91. The summed E-state index contributed by atoms with van der Waals surface area (Å²) in [5.74, 6) is 0.387. The Hall–Kier alpha value is -2.09. The molecule has 0 spiro atoms. The highest BCUT2D eigenvalue weighted by molar-refractivity contribution is 5.24. The molecule has 5 heteroatoms. The van der Waals surface area contributed by atoms with Crippen LogP contribution >= 0.6 is 0 Å². The first kappa shape index (κ1) is 21.2. The van der Waals surface area contributed by atoms with Crippen LogP contribution in [0.1, 0.15) is 56.1 Å². The van der Waals surface area contributed by atoms with Gasteiger partial charge < -0.3 is 0 Å². The molecule has 2 rings (SSSR count).